The van der Waals surface area contributed by atoms with Gasteiger partial charge in [-0.2, -0.15) is 0 Å². The van der Waals surface area contributed by atoms with E-state index in [2.05, 4.69) is 10.5 Å². The molecule has 9 N–H and O–H groups in total. The van der Waals surface area contributed by atoms with Gasteiger partial charge in [-0.3, -0.25) is 4.79 Å². The van der Waals surface area contributed by atoms with Crippen LogP contribution >= 0.6 is 0 Å². The van der Waals surface area contributed by atoms with E-state index in [4.69, 9.17) is 25.8 Å². The van der Waals surface area contributed by atoms with Gasteiger partial charge in [0.1, 0.15) is 18.7 Å². The van der Waals surface area contributed by atoms with E-state index < -0.39 is 61.7 Å². The highest BCUT2D eigenvalue weighted by Crippen LogP contribution is 2.02. The van der Waals surface area contributed by atoms with Gasteiger partial charge in [-0.1, -0.05) is 30.3 Å². The molecule has 14 nitrogen and oxygen atoms in total. The molecule has 1 aromatic rings. The van der Waals surface area contributed by atoms with Gasteiger partial charge in [-0.15, -0.1) is 0 Å². The number of carbonyl (C=O) groups is 3. The molecule has 0 saturated carbocycles. The van der Waals surface area contributed by atoms with E-state index in [9.17, 15) is 31.2 Å². The molecule has 2 atom stereocenters. The van der Waals surface area contributed by atoms with Gasteiger partial charge >= 0.3 is 18.0 Å². The molecule has 0 aliphatic carbocycles. The third-order valence-electron chi connectivity index (χ3n) is 3.52. The first-order valence-electron chi connectivity index (χ1n) is 8.80. The maximum Gasteiger partial charge on any atom is 0.408 e. The van der Waals surface area contributed by atoms with Crippen molar-refractivity contribution in [2.24, 2.45) is 16.0 Å². The fraction of sp³-hybridized carbons (Fsp3) is 0.438. The number of hydrogen-bond acceptors (Lipinski definition) is 9. The molecule has 16 heteroatoms. The molecule has 0 aromatic heterocycles. The molecule has 0 fully saturated rings. The summed E-state index contributed by atoms with van der Waals surface area (Å²) in [4.78, 5) is 32.5. The van der Waals surface area contributed by atoms with E-state index >= 15 is 0 Å². The van der Waals surface area contributed by atoms with Crippen molar-refractivity contribution in [3.8, 4) is 0 Å². The molecule has 0 unspecified atom stereocenters. The summed E-state index contributed by atoms with van der Waals surface area (Å²) in [7, 11) is -7.40. The largest absolute Gasteiger partial charge is 0.480 e. The van der Waals surface area contributed by atoms with Crippen molar-refractivity contribution >= 4 is 38.1 Å². The standard InChI is InChI=1S/C12H16N2O6S.C4H10N2O4S/c13-21(18,19)7-6-10(11(15)16)14-12(17)20-8-9-4-2-1-3-5-9;5-3(4(7)8)1-2-11(6,9)10/h1-5,10H,6-8H2,(H,14,17)(H,15,16)(H2,13,18,19);3H,1-2,5H2,(H,7,8)(H2,6,9,10)/t10-;3-/m00/s1. The number of nitrogens with one attached hydrogen (secondary N) is 1. The molecule has 1 aromatic carbocycles. The summed E-state index contributed by atoms with van der Waals surface area (Å²) in [5.41, 5.74) is 5.74. The number of amides is 1. The van der Waals surface area contributed by atoms with Gasteiger partial charge in [-0.05, 0) is 18.4 Å². The highest BCUT2D eigenvalue weighted by atomic mass is 32.2. The van der Waals surface area contributed by atoms with Crippen LogP contribution in [0.1, 0.15) is 18.4 Å². The number of nitrogens with two attached hydrogens (primary N) is 3. The van der Waals surface area contributed by atoms with Gasteiger partial charge < -0.3 is 26.0 Å². The monoisotopic (exact) mass is 498 g/mol. The highest BCUT2D eigenvalue weighted by molar-refractivity contribution is 7.89. The number of carboxylic acids is 2. The zero-order valence-corrected chi connectivity index (χ0v) is 18.4. The summed E-state index contributed by atoms with van der Waals surface area (Å²) in [6.07, 6.45) is -1.44. The molecule has 0 aliphatic heterocycles. The molecule has 0 radical (unpaired) electrons. The van der Waals surface area contributed by atoms with E-state index in [0.717, 1.165) is 5.56 Å². The van der Waals surface area contributed by atoms with E-state index in [-0.39, 0.29) is 19.4 Å². The third-order valence-corrected chi connectivity index (χ3v) is 5.13. The number of ether oxygens (including phenoxy) is 1. The summed E-state index contributed by atoms with van der Waals surface area (Å²) in [5.74, 6) is -3.55. The van der Waals surface area contributed by atoms with Gasteiger partial charge in [0, 0.05) is 0 Å². The lowest BCUT2D eigenvalue weighted by Crippen LogP contribution is -2.42. The van der Waals surface area contributed by atoms with Crippen LogP contribution in [0.2, 0.25) is 0 Å². The summed E-state index contributed by atoms with van der Waals surface area (Å²) >= 11 is 0. The first-order chi connectivity index (χ1) is 14.6. The number of carbonyl (C=O) groups excluding carboxylic acids is 1. The summed E-state index contributed by atoms with van der Waals surface area (Å²) in [5, 5.41) is 28.6. The lowest BCUT2D eigenvalue weighted by atomic mass is 10.2. The molecular formula is C16H26N4O10S2. The number of rotatable bonds is 11. The number of primary sulfonamides is 2. The minimum Gasteiger partial charge on any atom is -0.480 e. The fourth-order valence-corrected chi connectivity index (χ4v) is 3.01. The second kappa shape index (κ2) is 13.6. The number of alkyl carbamates (subject to hydrolysis) is 1. The Morgan fingerprint density at radius 3 is 1.84 bits per heavy atom. The Kier molecular flexibility index (Phi) is 12.4. The zero-order chi connectivity index (χ0) is 24.9. The normalized spacial score (nSPS) is 13.1. The van der Waals surface area contributed by atoms with Gasteiger partial charge in [0.25, 0.3) is 0 Å². The lowest BCUT2D eigenvalue weighted by molar-refractivity contribution is -0.140. The SMILES string of the molecule is NS(=O)(=O)CC[C@H](NC(=O)OCc1ccccc1)C(=O)O.N[C@@H](CCS(N)(=O)=O)C(=O)O. The molecular weight excluding hydrogens is 472 g/mol. The van der Waals surface area contributed by atoms with Crippen molar-refractivity contribution in [2.75, 3.05) is 11.5 Å². The van der Waals surface area contributed by atoms with Gasteiger partial charge in [0.05, 0.1) is 11.5 Å². The molecule has 182 valence electrons. The second-order valence-electron chi connectivity index (χ2n) is 6.35. The van der Waals surface area contributed by atoms with E-state index in [1.165, 1.54) is 0 Å². The predicted molar refractivity (Wildman–Crippen MR) is 112 cm³/mol. The van der Waals surface area contributed by atoms with Crippen LogP contribution in [-0.2, 0) is 41.0 Å². The third kappa shape index (κ3) is 16.0. The Labute approximate surface area is 184 Å². The van der Waals surface area contributed by atoms with Crippen LogP contribution in [0.3, 0.4) is 0 Å². The van der Waals surface area contributed by atoms with Crippen LogP contribution in [0.5, 0.6) is 0 Å². The van der Waals surface area contributed by atoms with Crippen LogP contribution in [0.4, 0.5) is 4.79 Å². The summed E-state index contributed by atoms with van der Waals surface area (Å²) in [6.45, 7) is -0.0196. The molecule has 0 saturated heterocycles. The number of sulfonamides is 2. The summed E-state index contributed by atoms with van der Waals surface area (Å²) in [6, 6.07) is 6.27. The molecule has 1 rings (SSSR count). The van der Waals surface area contributed by atoms with Crippen molar-refractivity contribution in [1.29, 1.82) is 0 Å². The Bertz CT molecular complexity index is 968. The van der Waals surface area contributed by atoms with Crippen LogP contribution in [0.25, 0.3) is 0 Å². The Hall–Kier alpha value is -2.79. The first kappa shape index (κ1) is 29.2. The van der Waals surface area contributed by atoms with Crippen LogP contribution in [-0.4, -0.2) is 68.7 Å². The average Bonchev–Trinajstić information content (AvgIpc) is 2.67. The molecule has 1 amide bonds. The smallest absolute Gasteiger partial charge is 0.408 e. The molecule has 0 aliphatic rings. The van der Waals surface area contributed by atoms with Crippen LogP contribution in [0, 0.1) is 0 Å². The first-order valence-corrected chi connectivity index (χ1v) is 12.2. The Morgan fingerprint density at radius 2 is 1.41 bits per heavy atom. The van der Waals surface area contributed by atoms with Crippen LogP contribution < -0.4 is 21.3 Å². The number of benzene rings is 1. The van der Waals surface area contributed by atoms with E-state index in [0.29, 0.717) is 0 Å². The predicted octanol–water partition coefficient (Wildman–Crippen LogP) is -1.88. The number of carboxylic acid groups (broad SMARTS) is 2. The van der Waals surface area contributed by atoms with Gasteiger partial charge in [0.15, 0.2) is 0 Å². The second-order valence-corrected chi connectivity index (χ2v) is 9.82. The molecule has 32 heavy (non-hydrogen) atoms. The van der Waals surface area contributed by atoms with Gasteiger partial charge in [0.2, 0.25) is 20.0 Å². The molecule has 0 spiro atoms. The maximum absolute atomic E-state index is 11.5. The van der Waals surface area contributed by atoms with Gasteiger partial charge in [-0.25, -0.2) is 36.7 Å². The minimum absolute atomic E-state index is 0.0196. The topological polar surface area (TPSA) is 259 Å². The Balaban J connectivity index is 0.000000739. The average molecular weight is 499 g/mol. The van der Waals surface area contributed by atoms with Crippen molar-refractivity contribution < 1.29 is 46.2 Å². The highest BCUT2D eigenvalue weighted by Gasteiger charge is 2.22. The fourth-order valence-electron chi connectivity index (χ4n) is 1.86. The number of hydrogen-bond donors (Lipinski definition) is 6. The molecule has 0 heterocycles. The van der Waals surface area contributed by atoms with E-state index in [1.54, 1.807) is 30.3 Å². The maximum atomic E-state index is 11.5. The van der Waals surface area contributed by atoms with Crippen molar-refractivity contribution in [1.82, 2.24) is 5.32 Å². The van der Waals surface area contributed by atoms with Crippen LogP contribution in [0.15, 0.2) is 30.3 Å². The Morgan fingerprint density at radius 1 is 0.906 bits per heavy atom. The van der Waals surface area contributed by atoms with Crippen molar-refractivity contribution in [2.45, 2.75) is 31.5 Å². The van der Waals surface area contributed by atoms with E-state index in [1.807, 2.05) is 0 Å². The zero-order valence-electron chi connectivity index (χ0n) is 16.8. The lowest BCUT2D eigenvalue weighted by Gasteiger charge is -2.14. The number of aliphatic carboxylic acids is 2. The van der Waals surface area contributed by atoms with Crippen molar-refractivity contribution in [3.63, 3.8) is 0 Å². The van der Waals surface area contributed by atoms with Crippen molar-refractivity contribution in [3.05, 3.63) is 35.9 Å². The quantitative estimate of drug-likeness (QED) is 0.197. The minimum atomic E-state index is -3.80. The summed E-state index contributed by atoms with van der Waals surface area (Å²) < 4.78 is 47.0. The molecule has 0 bridgehead atoms.